The monoisotopic (exact) mass is 165 g/mol. The van der Waals surface area contributed by atoms with E-state index in [2.05, 4.69) is 8.92 Å². The molecule has 0 aromatic heterocycles. The molecule has 0 spiro atoms. The molecule has 1 fully saturated rings. The van der Waals surface area contributed by atoms with Gasteiger partial charge in [0, 0.05) is 6.42 Å². The molecule has 1 rings (SSSR count). The van der Waals surface area contributed by atoms with Crippen molar-refractivity contribution in [1.29, 1.82) is 0 Å². The van der Waals surface area contributed by atoms with Crippen LogP contribution < -0.4 is 0 Å². The number of carbonyl (C=O) groups excluding carboxylic acids is 1. The molecule has 1 saturated heterocycles. The van der Waals surface area contributed by atoms with Crippen molar-refractivity contribution in [3.05, 3.63) is 0 Å². The second-order valence-corrected chi connectivity index (χ2v) is 2.35. The van der Waals surface area contributed by atoms with E-state index in [1.54, 1.807) is 0 Å². The van der Waals surface area contributed by atoms with Crippen LogP contribution in [0.25, 0.3) is 0 Å². The third-order valence-corrected chi connectivity index (χ3v) is 1.47. The van der Waals surface area contributed by atoms with Gasteiger partial charge in [-0.3, -0.25) is 4.18 Å². The Bertz CT molecular complexity index is 167. The fourth-order valence-corrected chi connectivity index (χ4v) is 1.02. The van der Waals surface area contributed by atoms with Gasteiger partial charge in [-0.15, -0.1) is 0 Å². The van der Waals surface area contributed by atoms with E-state index in [1.807, 2.05) is 0 Å². The van der Waals surface area contributed by atoms with Gasteiger partial charge in [-0.1, -0.05) is 0 Å². The molecule has 0 aromatic carbocycles. The maximum Gasteiger partial charge on any atom is 0.336 e. The van der Waals surface area contributed by atoms with E-state index in [4.69, 9.17) is 0 Å². The predicted molar refractivity (Wildman–Crippen MR) is 29.4 cm³/mol. The molecule has 58 valence electrons. The summed E-state index contributed by atoms with van der Waals surface area (Å²) in [7, 11) is 0. The molecule has 2 atom stereocenters. The lowest BCUT2D eigenvalue weighted by atomic mass is 10.3. The van der Waals surface area contributed by atoms with Gasteiger partial charge < -0.3 is 9.29 Å². The van der Waals surface area contributed by atoms with Crippen molar-refractivity contribution in [3.63, 3.8) is 0 Å². The third kappa shape index (κ3) is 1.76. The Labute approximate surface area is 59.8 Å². The summed E-state index contributed by atoms with van der Waals surface area (Å²) in [5.41, 5.74) is 0. The van der Waals surface area contributed by atoms with Crippen molar-refractivity contribution in [2.75, 3.05) is 6.61 Å². The number of esters is 1. The standard InChI is InChI=1S/C4H6O5S/c5-4-3(1-2-8-4)9-10(6)7/h3H,1-2H2,(H,6,7)/p-1. The molecule has 0 saturated carbocycles. The Morgan fingerprint density at radius 1 is 1.80 bits per heavy atom. The molecule has 5 nitrogen and oxygen atoms in total. The highest BCUT2D eigenvalue weighted by Gasteiger charge is 2.27. The molecule has 6 heteroatoms. The first kappa shape index (κ1) is 7.64. The van der Waals surface area contributed by atoms with Gasteiger partial charge in [-0.25, -0.2) is 9.00 Å². The molecular formula is C4H5O5S-. The number of hydrogen-bond donors (Lipinski definition) is 0. The van der Waals surface area contributed by atoms with E-state index in [0.717, 1.165) is 0 Å². The van der Waals surface area contributed by atoms with E-state index in [-0.39, 0.29) is 6.61 Å². The van der Waals surface area contributed by atoms with Crippen LogP contribution in [0.2, 0.25) is 0 Å². The largest absolute Gasteiger partial charge is 0.750 e. The lowest BCUT2D eigenvalue weighted by Gasteiger charge is -2.07. The summed E-state index contributed by atoms with van der Waals surface area (Å²) in [5.74, 6) is -0.607. The van der Waals surface area contributed by atoms with Crippen molar-refractivity contribution in [3.8, 4) is 0 Å². The number of ether oxygens (including phenoxy) is 1. The van der Waals surface area contributed by atoms with Crippen molar-refractivity contribution in [2.45, 2.75) is 12.5 Å². The predicted octanol–water partition coefficient (Wildman–Crippen LogP) is -0.887. The molecule has 0 N–H and O–H groups in total. The summed E-state index contributed by atoms with van der Waals surface area (Å²) >= 11 is -2.63. The van der Waals surface area contributed by atoms with Gasteiger partial charge in [0.2, 0.25) is 0 Å². The van der Waals surface area contributed by atoms with Gasteiger partial charge >= 0.3 is 5.97 Å². The van der Waals surface area contributed by atoms with Crippen molar-refractivity contribution in [1.82, 2.24) is 0 Å². The Kier molecular flexibility index (Phi) is 2.36. The zero-order chi connectivity index (χ0) is 7.56. The van der Waals surface area contributed by atoms with Gasteiger partial charge in [-0.05, 0) is 0 Å². The Balaban J connectivity index is 2.40. The quantitative estimate of drug-likeness (QED) is 0.392. The van der Waals surface area contributed by atoms with Crippen LogP contribution in [0.5, 0.6) is 0 Å². The van der Waals surface area contributed by atoms with Gasteiger partial charge in [0.25, 0.3) is 0 Å². The van der Waals surface area contributed by atoms with Crippen molar-refractivity contribution < 1.29 is 22.5 Å². The molecule has 1 heterocycles. The lowest BCUT2D eigenvalue weighted by molar-refractivity contribution is -0.143. The van der Waals surface area contributed by atoms with E-state index >= 15 is 0 Å². The zero-order valence-electron chi connectivity index (χ0n) is 4.94. The minimum atomic E-state index is -2.63. The number of carbonyl (C=O) groups is 1. The fourth-order valence-electron chi connectivity index (χ4n) is 0.660. The molecule has 2 unspecified atom stereocenters. The molecule has 0 aliphatic carbocycles. The Morgan fingerprint density at radius 3 is 2.90 bits per heavy atom. The third-order valence-electron chi connectivity index (χ3n) is 1.08. The van der Waals surface area contributed by atoms with Crippen LogP contribution in [0.15, 0.2) is 0 Å². The highest BCUT2D eigenvalue weighted by atomic mass is 32.2. The SMILES string of the molecule is O=C1OCCC1OS(=O)[O-]. The maximum atomic E-state index is 10.5. The van der Waals surface area contributed by atoms with Crippen LogP contribution in [0.3, 0.4) is 0 Å². The lowest BCUT2D eigenvalue weighted by Crippen LogP contribution is -2.19. The van der Waals surface area contributed by atoms with Crippen LogP contribution in [-0.2, 0) is 25.1 Å². The summed E-state index contributed by atoms with van der Waals surface area (Å²) in [6.45, 7) is 0.237. The Hall–Kier alpha value is -0.460. The normalized spacial score (nSPS) is 28.1. The summed E-state index contributed by atoms with van der Waals surface area (Å²) in [6, 6.07) is 0. The molecule has 1 aliphatic rings. The first-order chi connectivity index (χ1) is 4.70. The summed E-state index contributed by atoms with van der Waals surface area (Å²) in [5, 5.41) is 0. The summed E-state index contributed by atoms with van der Waals surface area (Å²) in [6.07, 6.45) is -0.606. The van der Waals surface area contributed by atoms with Gasteiger partial charge in [0.1, 0.15) is 0 Å². The fraction of sp³-hybridized carbons (Fsp3) is 0.750. The van der Waals surface area contributed by atoms with Crippen molar-refractivity contribution >= 4 is 17.3 Å². The smallest absolute Gasteiger partial charge is 0.336 e. The molecule has 0 aromatic rings. The van der Waals surface area contributed by atoms with Gasteiger partial charge in [-0.2, -0.15) is 0 Å². The van der Waals surface area contributed by atoms with E-state index in [0.29, 0.717) is 6.42 Å². The Morgan fingerprint density at radius 2 is 2.50 bits per heavy atom. The molecule has 0 radical (unpaired) electrons. The molecule has 1 aliphatic heterocycles. The van der Waals surface area contributed by atoms with Gasteiger partial charge in [0.05, 0.1) is 18.0 Å². The van der Waals surface area contributed by atoms with Crippen LogP contribution >= 0.6 is 0 Å². The average Bonchev–Trinajstić information content (AvgIpc) is 2.15. The van der Waals surface area contributed by atoms with E-state index in [9.17, 15) is 13.6 Å². The molecule has 10 heavy (non-hydrogen) atoms. The van der Waals surface area contributed by atoms with Crippen molar-refractivity contribution in [2.24, 2.45) is 0 Å². The second kappa shape index (κ2) is 3.09. The van der Waals surface area contributed by atoms with E-state index < -0.39 is 23.4 Å². The van der Waals surface area contributed by atoms with E-state index in [1.165, 1.54) is 0 Å². The molecular weight excluding hydrogens is 160 g/mol. The second-order valence-electron chi connectivity index (χ2n) is 1.75. The van der Waals surface area contributed by atoms with Gasteiger partial charge in [0.15, 0.2) is 6.10 Å². The highest BCUT2D eigenvalue weighted by molar-refractivity contribution is 7.74. The first-order valence-corrected chi connectivity index (χ1v) is 3.63. The maximum absolute atomic E-state index is 10.5. The first-order valence-electron chi connectivity index (χ1n) is 2.63. The van der Waals surface area contributed by atoms with Crippen LogP contribution in [-0.4, -0.2) is 27.4 Å². The van der Waals surface area contributed by atoms with Crippen LogP contribution in [0.4, 0.5) is 0 Å². The summed E-state index contributed by atoms with van der Waals surface area (Å²) < 4.78 is 28.3. The van der Waals surface area contributed by atoms with Crippen LogP contribution in [0, 0.1) is 0 Å². The minimum absolute atomic E-state index is 0.237. The number of cyclic esters (lactones) is 1. The minimum Gasteiger partial charge on any atom is -0.750 e. The summed E-state index contributed by atoms with van der Waals surface area (Å²) in [4.78, 5) is 10.5. The average molecular weight is 165 g/mol. The van der Waals surface area contributed by atoms with Crippen LogP contribution in [0.1, 0.15) is 6.42 Å². The number of rotatable bonds is 2. The molecule has 0 bridgehead atoms. The highest BCUT2D eigenvalue weighted by Crippen LogP contribution is 2.10. The zero-order valence-corrected chi connectivity index (χ0v) is 5.76. The topological polar surface area (TPSA) is 75.7 Å². The number of hydrogen-bond acceptors (Lipinski definition) is 5. The molecule has 0 amide bonds.